The van der Waals surface area contributed by atoms with Crippen LogP contribution in [0.15, 0.2) is 5.38 Å². The lowest BCUT2D eigenvalue weighted by atomic mass is 10.2. The minimum absolute atomic E-state index is 0.128. The van der Waals surface area contributed by atoms with Crippen LogP contribution in [0.1, 0.15) is 22.2 Å². The number of carboxylic acids is 1. The molecule has 0 bridgehead atoms. The van der Waals surface area contributed by atoms with E-state index in [1.54, 1.807) is 5.38 Å². The second-order valence-corrected chi connectivity index (χ2v) is 3.30. The van der Waals surface area contributed by atoms with Crippen molar-refractivity contribution in [1.82, 2.24) is 0 Å². The molecule has 0 aliphatic rings. The van der Waals surface area contributed by atoms with Crippen molar-refractivity contribution in [2.45, 2.75) is 13.3 Å². The van der Waals surface area contributed by atoms with Gasteiger partial charge < -0.3 is 9.90 Å². The van der Waals surface area contributed by atoms with Crippen LogP contribution in [0.25, 0.3) is 0 Å². The van der Waals surface area contributed by atoms with E-state index in [2.05, 4.69) is 0 Å². The standard InChI is InChI=1S/C7H7ClO2S/c1-2-4-3-11-6(5(4)8)7(9)10/h3H,2H2,1H3,(H,9,10)/p-1. The maximum Gasteiger partial charge on any atom is 0.0830 e. The van der Waals surface area contributed by atoms with Gasteiger partial charge >= 0.3 is 0 Å². The molecular formula is C7H6ClO2S-. The number of hydrogen-bond acceptors (Lipinski definition) is 3. The minimum atomic E-state index is -1.19. The Balaban J connectivity index is 3.10. The average molecular weight is 190 g/mol. The lowest BCUT2D eigenvalue weighted by Gasteiger charge is -1.97. The average Bonchev–Trinajstić information content (AvgIpc) is 2.30. The first-order chi connectivity index (χ1) is 5.16. The molecule has 11 heavy (non-hydrogen) atoms. The zero-order valence-corrected chi connectivity index (χ0v) is 7.46. The first-order valence-corrected chi connectivity index (χ1v) is 4.39. The fourth-order valence-corrected chi connectivity index (χ4v) is 2.09. The van der Waals surface area contributed by atoms with E-state index >= 15 is 0 Å². The van der Waals surface area contributed by atoms with Crippen molar-refractivity contribution in [3.05, 3.63) is 20.8 Å². The molecule has 1 aromatic heterocycles. The number of halogens is 1. The van der Waals surface area contributed by atoms with Crippen LogP contribution in [0.2, 0.25) is 5.02 Å². The molecular weight excluding hydrogens is 184 g/mol. The fourth-order valence-electron chi connectivity index (χ4n) is 0.756. The van der Waals surface area contributed by atoms with Gasteiger partial charge in [0, 0.05) is 0 Å². The summed E-state index contributed by atoms with van der Waals surface area (Å²) < 4.78 is 0. The van der Waals surface area contributed by atoms with Crippen LogP contribution in [0.3, 0.4) is 0 Å². The van der Waals surface area contributed by atoms with Crippen molar-refractivity contribution in [1.29, 1.82) is 0 Å². The van der Waals surface area contributed by atoms with Gasteiger partial charge in [0.2, 0.25) is 0 Å². The lowest BCUT2D eigenvalue weighted by molar-refractivity contribution is -0.254. The largest absolute Gasteiger partial charge is 0.544 e. The number of aromatic carboxylic acids is 1. The maximum absolute atomic E-state index is 10.4. The van der Waals surface area contributed by atoms with Crippen LogP contribution in [-0.4, -0.2) is 5.97 Å². The van der Waals surface area contributed by atoms with E-state index in [1.165, 1.54) is 0 Å². The van der Waals surface area contributed by atoms with Gasteiger partial charge in [0.15, 0.2) is 0 Å². The molecule has 0 spiro atoms. The molecule has 0 fully saturated rings. The molecule has 1 aromatic rings. The highest BCUT2D eigenvalue weighted by Crippen LogP contribution is 2.27. The van der Waals surface area contributed by atoms with Gasteiger partial charge in [-0.2, -0.15) is 0 Å². The summed E-state index contributed by atoms with van der Waals surface area (Å²) in [4.78, 5) is 10.5. The maximum atomic E-state index is 10.4. The normalized spacial score (nSPS) is 10.0. The van der Waals surface area contributed by atoms with E-state index in [0.717, 1.165) is 23.3 Å². The molecule has 0 amide bonds. The molecule has 60 valence electrons. The summed E-state index contributed by atoms with van der Waals surface area (Å²) in [5.41, 5.74) is 0.871. The number of hydrogen-bond donors (Lipinski definition) is 0. The molecule has 0 aromatic carbocycles. The highest BCUT2D eigenvalue weighted by molar-refractivity contribution is 7.12. The highest BCUT2D eigenvalue weighted by atomic mass is 35.5. The molecule has 0 aliphatic carbocycles. The van der Waals surface area contributed by atoms with Crippen LogP contribution < -0.4 is 5.11 Å². The van der Waals surface area contributed by atoms with Gasteiger partial charge in [0.1, 0.15) is 0 Å². The van der Waals surface area contributed by atoms with Crippen LogP contribution >= 0.6 is 22.9 Å². The number of carbonyl (C=O) groups is 1. The summed E-state index contributed by atoms with van der Waals surface area (Å²) >= 11 is 6.82. The van der Waals surface area contributed by atoms with Gasteiger partial charge in [-0.15, -0.1) is 11.3 Å². The van der Waals surface area contributed by atoms with E-state index in [9.17, 15) is 9.90 Å². The third-order valence-corrected chi connectivity index (χ3v) is 2.92. The Morgan fingerprint density at radius 1 is 1.82 bits per heavy atom. The lowest BCUT2D eigenvalue weighted by Crippen LogP contribution is -2.21. The second kappa shape index (κ2) is 3.24. The van der Waals surface area contributed by atoms with E-state index in [4.69, 9.17) is 11.6 Å². The summed E-state index contributed by atoms with van der Waals surface area (Å²) in [5.74, 6) is -1.19. The molecule has 0 saturated carbocycles. The van der Waals surface area contributed by atoms with Crippen molar-refractivity contribution >= 4 is 28.9 Å². The summed E-state index contributed by atoms with van der Waals surface area (Å²) in [6.45, 7) is 1.92. The quantitative estimate of drug-likeness (QED) is 0.704. The third-order valence-electron chi connectivity index (χ3n) is 1.37. The van der Waals surface area contributed by atoms with Crippen molar-refractivity contribution in [2.24, 2.45) is 0 Å². The van der Waals surface area contributed by atoms with Crippen molar-refractivity contribution in [2.75, 3.05) is 0 Å². The Hall–Kier alpha value is -0.540. The van der Waals surface area contributed by atoms with E-state index < -0.39 is 5.97 Å². The molecule has 1 heterocycles. The predicted octanol–water partition coefficient (Wildman–Crippen LogP) is 1.33. The van der Waals surface area contributed by atoms with Crippen molar-refractivity contribution in [3.63, 3.8) is 0 Å². The number of carbonyl (C=O) groups excluding carboxylic acids is 1. The monoisotopic (exact) mass is 189 g/mol. The SMILES string of the molecule is CCc1csc(C(=O)[O-])c1Cl. The van der Waals surface area contributed by atoms with E-state index in [1.807, 2.05) is 6.92 Å². The molecule has 0 N–H and O–H groups in total. The first kappa shape index (κ1) is 8.56. The Morgan fingerprint density at radius 2 is 2.45 bits per heavy atom. The zero-order valence-electron chi connectivity index (χ0n) is 5.89. The van der Waals surface area contributed by atoms with E-state index in [-0.39, 0.29) is 4.88 Å². The molecule has 2 nitrogen and oxygen atoms in total. The van der Waals surface area contributed by atoms with Crippen molar-refractivity contribution < 1.29 is 9.90 Å². The second-order valence-electron chi connectivity index (χ2n) is 2.05. The number of carboxylic acid groups (broad SMARTS) is 1. The van der Waals surface area contributed by atoms with Gasteiger partial charge in [0.05, 0.1) is 15.9 Å². The van der Waals surface area contributed by atoms with Crippen LogP contribution in [0, 0.1) is 0 Å². The molecule has 4 heteroatoms. The van der Waals surface area contributed by atoms with Crippen molar-refractivity contribution in [3.8, 4) is 0 Å². The zero-order chi connectivity index (χ0) is 8.43. The Morgan fingerprint density at radius 3 is 2.73 bits per heavy atom. The summed E-state index contributed by atoms with van der Waals surface area (Å²) in [7, 11) is 0. The molecule has 0 saturated heterocycles. The Labute approximate surface area is 73.4 Å². The van der Waals surface area contributed by atoms with Crippen LogP contribution in [-0.2, 0) is 6.42 Å². The van der Waals surface area contributed by atoms with E-state index in [0.29, 0.717) is 5.02 Å². The van der Waals surface area contributed by atoms with Gasteiger partial charge in [0.25, 0.3) is 0 Å². The number of rotatable bonds is 2. The van der Waals surface area contributed by atoms with Crippen LogP contribution in [0.4, 0.5) is 0 Å². The fraction of sp³-hybridized carbons (Fsp3) is 0.286. The topological polar surface area (TPSA) is 40.1 Å². The molecule has 0 radical (unpaired) electrons. The molecule has 0 aliphatic heterocycles. The predicted molar refractivity (Wildman–Crippen MR) is 43.0 cm³/mol. The van der Waals surface area contributed by atoms with Gasteiger partial charge in [-0.25, -0.2) is 0 Å². The molecule has 0 unspecified atom stereocenters. The smallest absolute Gasteiger partial charge is 0.0830 e. The third kappa shape index (κ3) is 1.54. The van der Waals surface area contributed by atoms with Gasteiger partial charge in [-0.1, -0.05) is 18.5 Å². The first-order valence-electron chi connectivity index (χ1n) is 3.14. The Bertz CT molecular complexity index is 280. The minimum Gasteiger partial charge on any atom is -0.544 e. The van der Waals surface area contributed by atoms with Gasteiger partial charge in [-0.05, 0) is 17.4 Å². The Kier molecular flexibility index (Phi) is 2.52. The number of thiophene rings is 1. The van der Waals surface area contributed by atoms with Crippen LogP contribution in [0.5, 0.6) is 0 Å². The number of aryl methyl sites for hydroxylation is 1. The highest BCUT2D eigenvalue weighted by Gasteiger charge is 2.07. The van der Waals surface area contributed by atoms with Gasteiger partial charge in [-0.3, -0.25) is 0 Å². The molecule has 0 atom stereocenters. The summed E-state index contributed by atoms with van der Waals surface area (Å²) in [5, 5.41) is 12.4. The molecule has 1 rings (SSSR count). The summed E-state index contributed by atoms with van der Waals surface area (Å²) in [6.07, 6.45) is 0.753. The summed E-state index contributed by atoms with van der Waals surface area (Å²) in [6, 6.07) is 0.